The SMILES string of the molecule is C[C@@H](COc1ccc(-n2cc3ccc(OCC4CC4)cc3n2)cc1)NC(=O)N(C)C. The van der Waals surface area contributed by atoms with Gasteiger partial charge in [0.15, 0.2) is 0 Å². The topological polar surface area (TPSA) is 68.6 Å². The summed E-state index contributed by atoms with van der Waals surface area (Å²) in [5.74, 6) is 2.35. The van der Waals surface area contributed by atoms with Crippen LogP contribution in [0.1, 0.15) is 19.8 Å². The number of hydrogen-bond acceptors (Lipinski definition) is 4. The number of rotatable bonds is 8. The number of ether oxygens (including phenoxy) is 2. The number of aromatic nitrogens is 2. The summed E-state index contributed by atoms with van der Waals surface area (Å²) in [6, 6.07) is 13.6. The van der Waals surface area contributed by atoms with Gasteiger partial charge in [0, 0.05) is 31.7 Å². The van der Waals surface area contributed by atoms with Crippen molar-refractivity contribution in [3.05, 3.63) is 48.7 Å². The zero-order chi connectivity index (χ0) is 21.1. The third-order valence-corrected chi connectivity index (χ3v) is 5.04. The highest BCUT2D eigenvalue weighted by Gasteiger charge is 2.22. The number of nitrogens with one attached hydrogen (secondary N) is 1. The molecule has 2 aromatic carbocycles. The van der Waals surface area contributed by atoms with E-state index in [-0.39, 0.29) is 12.1 Å². The monoisotopic (exact) mass is 408 g/mol. The third-order valence-electron chi connectivity index (χ3n) is 5.04. The molecule has 1 fully saturated rings. The van der Waals surface area contributed by atoms with Crippen LogP contribution in [0.4, 0.5) is 4.79 Å². The molecule has 0 unspecified atom stereocenters. The van der Waals surface area contributed by atoms with Crippen molar-refractivity contribution in [3.8, 4) is 17.2 Å². The van der Waals surface area contributed by atoms with E-state index in [1.54, 1.807) is 14.1 Å². The number of urea groups is 1. The molecule has 3 aromatic rings. The van der Waals surface area contributed by atoms with Gasteiger partial charge in [0.05, 0.1) is 23.9 Å². The van der Waals surface area contributed by atoms with Gasteiger partial charge in [-0.1, -0.05) is 0 Å². The lowest BCUT2D eigenvalue weighted by atomic mass is 10.2. The summed E-state index contributed by atoms with van der Waals surface area (Å²) in [6.07, 6.45) is 4.56. The molecule has 0 spiro atoms. The smallest absolute Gasteiger partial charge is 0.317 e. The predicted octanol–water partition coefficient (Wildman–Crippen LogP) is 3.85. The Morgan fingerprint density at radius 1 is 1.17 bits per heavy atom. The van der Waals surface area contributed by atoms with Crippen molar-refractivity contribution in [1.82, 2.24) is 20.0 Å². The van der Waals surface area contributed by atoms with Crippen LogP contribution in [0.2, 0.25) is 0 Å². The standard InChI is InChI=1S/C23H28N4O3/c1-16(24-23(28)26(2)3)14-29-20-10-7-19(8-11-20)27-13-18-6-9-21(12-22(18)25-27)30-15-17-4-5-17/h6-13,16-17H,4-5,14-15H2,1-3H3,(H,24,28)/t16-/m0/s1. The van der Waals surface area contributed by atoms with Crippen LogP contribution in [-0.2, 0) is 0 Å². The molecule has 0 saturated heterocycles. The molecule has 7 heteroatoms. The molecule has 4 rings (SSSR count). The maximum Gasteiger partial charge on any atom is 0.317 e. The van der Waals surface area contributed by atoms with Gasteiger partial charge in [-0.15, -0.1) is 0 Å². The Morgan fingerprint density at radius 3 is 2.60 bits per heavy atom. The number of carbonyl (C=O) groups is 1. The van der Waals surface area contributed by atoms with Crippen LogP contribution in [-0.4, -0.2) is 54.1 Å². The molecule has 1 aliphatic rings. The highest BCUT2D eigenvalue weighted by molar-refractivity contribution is 5.80. The van der Waals surface area contributed by atoms with E-state index in [4.69, 9.17) is 9.47 Å². The lowest BCUT2D eigenvalue weighted by Crippen LogP contribution is -2.42. The van der Waals surface area contributed by atoms with Crippen molar-refractivity contribution < 1.29 is 14.3 Å². The number of carbonyl (C=O) groups excluding carboxylic acids is 1. The first-order chi connectivity index (χ1) is 14.5. The number of hydrogen-bond donors (Lipinski definition) is 1. The molecule has 1 saturated carbocycles. The molecule has 158 valence electrons. The zero-order valence-electron chi connectivity index (χ0n) is 17.7. The Hall–Kier alpha value is -3.22. The molecule has 1 heterocycles. The molecule has 2 amide bonds. The van der Waals surface area contributed by atoms with Crippen LogP contribution in [0.25, 0.3) is 16.6 Å². The van der Waals surface area contributed by atoms with Gasteiger partial charge in [-0.2, -0.15) is 5.10 Å². The van der Waals surface area contributed by atoms with Gasteiger partial charge in [-0.3, -0.25) is 0 Å². The minimum Gasteiger partial charge on any atom is -0.493 e. The van der Waals surface area contributed by atoms with Crippen molar-refractivity contribution >= 4 is 16.9 Å². The van der Waals surface area contributed by atoms with E-state index >= 15 is 0 Å². The lowest BCUT2D eigenvalue weighted by Gasteiger charge is -2.18. The maximum atomic E-state index is 11.7. The fourth-order valence-electron chi connectivity index (χ4n) is 3.01. The van der Waals surface area contributed by atoms with Crippen LogP contribution in [0.15, 0.2) is 48.7 Å². The summed E-state index contributed by atoms with van der Waals surface area (Å²) in [6.45, 7) is 3.10. The lowest BCUT2D eigenvalue weighted by molar-refractivity contribution is 0.205. The molecule has 1 N–H and O–H groups in total. The second-order valence-corrected chi connectivity index (χ2v) is 8.10. The molecule has 1 atom stereocenters. The van der Waals surface area contributed by atoms with Crippen molar-refractivity contribution in [2.45, 2.75) is 25.8 Å². The fourth-order valence-corrected chi connectivity index (χ4v) is 3.01. The highest BCUT2D eigenvalue weighted by atomic mass is 16.5. The molecule has 30 heavy (non-hydrogen) atoms. The Labute approximate surface area is 176 Å². The van der Waals surface area contributed by atoms with Crippen LogP contribution >= 0.6 is 0 Å². The molecular formula is C23H28N4O3. The van der Waals surface area contributed by atoms with Gasteiger partial charge in [-0.05, 0) is 62.1 Å². The number of amides is 2. The summed E-state index contributed by atoms with van der Waals surface area (Å²) >= 11 is 0. The largest absolute Gasteiger partial charge is 0.493 e. The molecular weight excluding hydrogens is 380 g/mol. The van der Waals surface area contributed by atoms with Crippen molar-refractivity contribution in [1.29, 1.82) is 0 Å². The fraction of sp³-hybridized carbons (Fsp3) is 0.391. The average molecular weight is 409 g/mol. The van der Waals surface area contributed by atoms with Crippen LogP contribution in [0.3, 0.4) is 0 Å². The van der Waals surface area contributed by atoms with Crippen LogP contribution < -0.4 is 14.8 Å². The highest BCUT2D eigenvalue weighted by Crippen LogP contribution is 2.30. The van der Waals surface area contributed by atoms with Crippen molar-refractivity contribution in [2.75, 3.05) is 27.3 Å². The van der Waals surface area contributed by atoms with Crippen molar-refractivity contribution in [2.24, 2.45) is 5.92 Å². The number of benzene rings is 2. The van der Waals surface area contributed by atoms with Gasteiger partial charge < -0.3 is 19.7 Å². The van der Waals surface area contributed by atoms with E-state index in [9.17, 15) is 4.79 Å². The molecule has 0 aliphatic heterocycles. The normalized spacial score (nSPS) is 14.4. The van der Waals surface area contributed by atoms with E-state index in [0.717, 1.165) is 40.6 Å². The van der Waals surface area contributed by atoms with E-state index in [2.05, 4.69) is 10.4 Å². The summed E-state index contributed by atoms with van der Waals surface area (Å²) in [4.78, 5) is 13.2. The Balaban J connectivity index is 1.37. The summed E-state index contributed by atoms with van der Waals surface area (Å²) in [7, 11) is 3.42. The van der Waals surface area contributed by atoms with Crippen LogP contribution in [0.5, 0.6) is 11.5 Å². The van der Waals surface area contributed by atoms with Gasteiger partial charge in [-0.25, -0.2) is 9.48 Å². The Bertz CT molecular complexity index is 1010. The summed E-state index contributed by atoms with van der Waals surface area (Å²) < 4.78 is 13.5. The van der Waals surface area contributed by atoms with Gasteiger partial charge >= 0.3 is 6.03 Å². The Kier molecular flexibility index (Phi) is 5.79. The van der Waals surface area contributed by atoms with E-state index < -0.39 is 0 Å². The first-order valence-corrected chi connectivity index (χ1v) is 10.3. The second-order valence-electron chi connectivity index (χ2n) is 8.10. The molecule has 0 radical (unpaired) electrons. The Morgan fingerprint density at radius 2 is 1.90 bits per heavy atom. The van der Waals surface area contributed by atoms with Crippen molar-refractivity contribution in [3.63, 3.8) is 0 Å². The maximum absolute atomic E-state index is 11.7. The minimum atomic E-state index is -0.131. The quantitative estimate of drug-likeness (QED) is 0.615. The summed E-state index contributed by atoms with van der Waals surface area (Å²) in [5, 5.41) is 8.61. The van der Waals surface area contributed by atoms with Crippen LogP contribution in [0, 0.1) is 5.92 Å². The van der Waals surface area contributed by atoms with Gasteiger partial charge in [0.1, 0.15) is 18.1 Å². The van der Waals surface area contributed by atoms with Gasteiger partial charge in [0.2, 0.25) is 0 Å². The molecule has 1 aliphatic carbocycles. The number of nitrogens with zero attached hydrogens (tertiary/aromatic N) is 3. The molecule has 0 bridgehead atoms. The molecule has 1 aromatic heterocycles. The number of fused-ring (bicyclic) bond motifs is 1. The average Bonchev–Trinajstić information content (AvgIpc) is 3.47. The zero-order valence-corrected chi connectivity index (χ0v) is 17.7. The molecule has 7 nitrogen and oxygen atoms in total. The minimum absolute atomic E-state index is 0.0904. The second kappa shape index (κ2) is 8.65. The van der Waals surface area contributed by atoms with E-state index in [0.29, 0.717) is 6.61 Å². The summed E-state index contributed by atoms with van der Waals surface area (Å²) in [5.41, 5.74) is 1.86. The third kappa shape index (κ3) is 5.03. The first kappa shape index (κ1) is 20.1. The van der Waals surface area contributed by atoms with E-state index in [1.807, 2.05) is 60.3 Å². The van der Waals surface area contributed by atoms with Gasteiger partial charge in [0.25, 0.3) is 0 Å². The first-order valence-electron chi connectivity index (χ1n) is 10.3. The predicted molar refractivity (Wildman–Crippen MR) is 116 cm³/mol. The van der Waals surface area contributed by atoms with E-state index in [1.165, 1.54) is 17.7 Å².